The number of hydrogen-bond acceptors (Lipinski definition) is 3. The van der Waals surface area contributed by atoms with Crippen LogP contribution in [0.2, 0.25) is 0 Å². The van der Waals surface area contributed by atoms with Gasteiger partial charge in [-0.3, -0.25) is 4.79 Å². The smallest absolute Gasteiger partial charge is 0.239 e. The number of likely N-dealkylation sites (tertiary alicyclic amines) is 1. The van der Waals surface area contributed by atoms with E-state index in [-0.39, 0.29) is 11.9 Å². The highest BCUT2D eigenvalue weighted by Crippen LogP contribution is 2.13. The predicted octanol–water partition coefficient (Wildman–Crippen LogP) is 2.19. The van der Waals surface area contributed by atoms with Gasteiger partial charge in [0.2, 0.25) is 5.91 Å². The van der Waals surface area contributed by atoms with Crippen LogP contribution >= 0.6 is 0 Å². The van der Waals surface area contributed by atoms with E-state index in [1.807, 2.05) is 36.1 Å². The molecule has 1 saturated heterocycles. The molecule has 1 N–H and O–H groups in total. The molecule has 1 aromatic carbocycles. The van der Waals surface area contributed by atoms with E-state index in [1.165, 1.54) is 6.42 Å². The van der Waals surface area contributed by atoms with Crippen LogP contribution in [-0.2, 0) is 11.3 Å². The Bertz CT molecular complexity index is 442. The average Bonchev–Trinajstić information content (AvgIpc) is 2.53. The third kappa shape index (κ3) is 3.97. The fraction of sp³-hybridized carbons (Fsp3) is 0.562. The standard InChI is InChI=1S/C16H24N2O2/c1-13(16(19)18-9-4-3-5-10-18)17-12-14-7-6-8-15(11-14)20-2/h6-8,11,13,17H,3-5,9-10,12H2,1-2H3. The van der Waals surface area contributed by atoms with Gasteiger partial charge in [0.25, 0.3) is 0 Å². The number of methoxy groups -OCH3 is 1. The molecule has 0 bridgehead atoms. The zero-order valence-corrected chi connectivity index (χ0v) is 12.4. The van der Waals surface area contributed by atoms with Gasteiger partial charge in [-0.25, -0.2) is 0 Å². The molecule has 110 valence electrons. The summed E-state index contributed by atoms with van der Waals surface area (Å²) in [5, 5.41) is 3.30. The van der Waals surface area contributed by atoms with Crippen LogP contribution in [-0.4, -0.2) is 37.0 Å². The molecule has 1 fully saturated rings. The van der Waals surface area contributed by atoms with Crippen LogP contribution in [0.25, 0.3) is 0 Å². The fourth-order valence-corrected chi connectivity index (χ4v) is 2.53. The summed E-state index contributed by atoms with van der Waals surface area (Å²) >= 11 is 0. The lowest BCUT2D eigenvalue weighted by Crippen LogP contribution is -2.46. The molecule has 20 heavy (non-hydrogen) atoms. The second-order valence-corrected chi connectivity index (χ2v) is 5.34. The summed E-state index contributed by atoms with van der Waals surface area (Å²) in [4.78, 5) is 14.3. The lowest BCUT2D eigenvalue weighted by atomic mass is 10.1. The van der Waals surface area contributed by atoms with Gasteiger partial charge in [0.15, 0.2) is 0 Å². The van der Waals surface area contributed by atoms with E-state index < -0.39 is 0 Å². The van der Waals surface area contributed by atoms with E-state index in [0.29, 0.717) is 6.54 Å². The van der Waals surface area contributed by atoms with Crippen molar-refractivity contribution in [2.24, 2.45) is 0 Å². The van der Waals surface area contributed by atoms with E-state index >= 15 is 0 Å². The fourth-order valence-electron chi connectivity index (χ4n) is 2.53. The maximum Gasteiger partial charge on any atom is 0.239 e. The van der Waals surface area contributed by atoms with Gasteiger partial charge in [-0.1, -0.05) is 12.1 Å². The third-order valence-corrected chi connectivity index (χ3v) is 3.78. The molecule has 4 nitrogen and oxygen atoms in total. The number of piperidine rings is 1. The summed E-state index contributed by atoms with van der Waals surface area (Å²) in [5.74, 6) is 1.06. The highest BCUT2D eigenvalue weighted by Gasteiger charge is 2.21. The quantitative estimate of drug-likeness (QED) is 0.896. The summed E-state index contributed by atoms with van der Waals surface area (Å²) in [6.45, 7) is 4.43. The Morgan fingerprint density at radius 1 is 1.35 bits per heavy atom. The molecule has 1 atom stereocenters. The van der Waals surface area contributed by atoms with Crippen molar-refractivity contribution < 1.29 is 9.53 Å². The second kappa shape index (κ2) is 7.29. The first-order valence-corrected chi connectivity index (χ1v) is 7.36. The first-order valence-electron chi connectivity index (χ1n) is 7.36. The maximum atomic E-state index is 12.3. The summed E-state index contributed by atoms with van der Waals surface area (Å²) in [7, 11) is 1.66. The number of carbonyl (C=O) groups is 1. The minimum absolute atomic E-state index is 0.140. The number of hydrogen-bond donors (Lipinski definition) is 1. The molecule has 4 heteroatoms. The lowest BCUT2D eigenvalue weighted by Gasteiger charge is -2.29. The summed E-state index contributed by atoms with van der Waals surface area (Å²) in [5.41, 5.74) is 1.13. The third-order valence-electron chi connectivity index (χ3n) is 3.78. The minimum Gasteiger partial charge on any atom is -0.497 e. The molecule has 1 aliphatic rings. The predicted molar refractivity (Wildman–Crippen MR) is 79.7 cm³/mol. The van der Waals surface area contributed by atoms with E-state index in [1.54, 1.807) is 7.11 Å². The van der Waals surface area contributed by atoms with Crippen molar-refractivity contribution in [2.75, 3.05) is 20.2 Å². The van der Waals surface area contributed by atoms with Gasteiger partial charge in [0.05, 0.1) is 13.2 Å². The highest BCUT2D eigenvalue weighted by molar-refractivity contribution is 5.81. The van der Waals surface area contributed by atoms with Gasteiger partial charge < -0.3 is 15.0 Å². The van der Waals surface area contributed by atoms with Crippen LogP contribution < -0.4 is 10.1 Å². The van der Waals surface area contributed by atoms with Crippen molar-refractivity contribution in [3.63, 3.8) is 0 Å². The molecule has 0 spiro atoms. The van der Waals surface area contributed by atoms with Gasteiger partial charge in [-0.05, 0) is 43.9 Å². The number of carbonyl (C=O) groups excluding carboxylic acids is 1. The van der Waals surface area contributed by atoms with Crippen LogP contribution in [0, 0.1) is 0 Å². The summed E-state index contributed by atoms with van der Waals surface area (Å²) in [6, 6.07) is 7.77. The van der Waals surface area contributed by atoms with Crippen LogP contribution in [0.1, 0.15) is 31.7 Å². The Balaban J connectivity index is 1.84. The Hall–Kier alpha value is -1.55. The van der Waals surface area contributed by atoms with E-state index in [9.17, 15) is 4.79 Å². The molecule has 1 unspecified atom stereocenters. The molecular formula is C16H24N2O2. The Morgan fingerprint density at radius 2 is 2.10 bits per heavy atom. The molecule has 1 aromatic rings. The lowest BCUT2D eigenvalue weighted by molar-refractivity contribution is -0.133. The molecule has 0 saturated carbocycles. The Morgan fingerprint density at radius 3 is 2.80 bits per heavy atom. The van der Waals surface area contributed by atoms with Crippen LogP contribution in [0.15, 0.2) is 24.3 Å². The van der Waals surface area contributed by atoms with Gasteiger partial charge in [-0.15, -0.1) is 0 Å². The minimum atomic E-state index is -0.140. The molecule has 0 aromatic heterocycles. The largest absolute Gasteiger partial charge is 0.497 e. The highest BCUT2D eigenvalue weighted by atomic mass is 16.5. The number of ether oxygens (including phenoxy) is 1. The first-order chi connectivity index (χ1) is 9.70. The first kappa shape index (κ1) is 14.9. The average molecular weight is 276 g/mol. The van der Waals surface area contributed by atoms with Gasteiger partial charge in [0.1, 0.15) is 5.75 Å². The number of rotatable bonds is 5. The number of benzene rings is 1. The number of amides is 1. The molecule has 0 aliphatic carbocycles. The van der Waals surface area contributed by atoms with Crippen molar-refractivity contribution in [1.29, 1.82) is 0 Å². The second-order valence-electron chi connectivity index (χ2n) is 5.34. The van der Waals surface area contributed by atoms with Crippen molar-refractivity contribution in [1.82, 2.24) is 10.2 Å². The van der Waals surface area contributed by atoms with E-state index in [0.717, 1.165) is 37.2 Å². The molecule has 1 heterocycles. The number of nitrogens with zero attached hydrogens (tertiary/aromatic N) is 1. The Labute approximate surface area is 121 Å². The maximum absolute atomic E-state index is 12.3. The van der Waals surface area contributed by atoms with Crippen molar-refractivity contribution >= 4 is 5.91 Å². The zero-order valence-electron chi connectivity index (χ0n) is 12.4. The zero-order chi connectivity index (χ0) is 14.4. The van der Waals surface area contributed by atoms with Crippen molar-refractivity contribution in [2.45, 2.75) is 38.8 Å². The van der Waals surface area contributed by atoms with Crippen LogP contribution in [0.3, 0.4) is 0 Å². The SMILES string of the molecule is COc1cccc(CNC(C)C(=O)N2CCCCC2)c1. The van der Waals surface area contributed by atoms with Crippen LogP contribution in [0.5, 0.6) is 5.75 Å². The van der Waals surface area contributed by atoms with E-state index in [2.05, 4.69) is 5.32 Å². The number of nitrogens with one attached hydrogen (secondary N) is 1. The van der Waals surface area contributed by atoms with Gasteiger partial charge in [0, 0.05) is 19.6 Å². The van der Waals surface area contributed by atoms with Crippen molar-refractivity contribution in [3.05, 3.63) is 29.8 Å². The molecular weight excluding hydrogens is 252 g/mol. The van der Waals surface area contributed by atoms with Crippen LogP contribution in [0.4, 0.5) is 0 Å². The Kier molecular flexibility index (Phi) is 5.41. The molecule has 0 radical (unpaired) electrons. The molecule has 1 aliphatic heterocycles. The van der Waals surface area contributed by atoms with E-state index in [4.69, 9.17) is 4.74 Å². The summed E-state index contributed by atoms with van der Waals surface area (Å²) in [6.07, 6.45) is 3.51. The topological polar surface area (TPSA) is 41.6 Å². The van der Waals surface area contributed by atoms with Gasteiger partial charge in [-0.2, -0.15) is 0 Å². The molecule has 1 amide bonds. The monoisotopic (exact) mass is 276 g/mol. The van der Waals surface area contributed by atoms with Crippen molar-refractivity contribution in [3.8, 4) is 5.75 Å². The summed E-state index contributed by atoms with van der Waals surface area (Å²) < 4.78 is 5.20. The molecule has 2 rings (SSSR count). The van der Waals surface area contributed by atoms with Gasteiger partial charge >= 0.3 is 0 Å². The normalized spacial score (nSPS) is 16.8.